The van der Waals surface area contributed by atoms with Crippen molar-refractivity contribution < 1.29 is 14.3 Å². The van der Waals surface area contributed by atoms with Gasteiger partial charge in [0.2, 0.25) is 0 Å². The van der Waals surface area contributed by atoms with Gasteiger partial charge in [0.1, 0.15) is 16.1 Å². The fraction of sp³-hybridized carbons (Fsp3) is 0.455. The van der Waals surface area contributed by atoms with Crippen LogP contribution in [-0.2, 0) is 4.74 Å². The molecule has 0 spiro atoms. The van der Waals surface area contributed by atoms with Gasteiger partial charge in [0.15, 0.2) is 0 Å². The molecule has 1 saturated carbocycles. The Kier molecular flexibility index (Phi) is 5.95. The lowest BCUT2D eigenvalue weighted by atomic mass is 9.93. The van der Waals surface area contributed by atoms with Gasteiger partial charge in [-0.1, -0.05) is 0 Å². The lowest BCUT2D eigenvalue weighted by Gasteiger charge is -2.31. The second kappa shape index (κ2) is 9.15. The van der Waals surface area contributed by atoms with Crippen LogP contribution in [0.2, 0.25) is 0 Å². The highest BCUT2D eigenvalue weighted by Crippen LogP contribution is 2.33. The van der Waals surface area contributed by atoms with Crippen LogP contribution < -0.4 is 15.0 Å². The molecular weight excluding hydrogens is 414 g/mol. The van der Waals surface area contributed by atoms with E-state index < -0.39 is 0 Å². The Morgan fingerprint density at radius 3 is 2.68 bits per heavy atom. The Morgan fingerprint density at radius 1 is 1.10 bits per heavy atom. The van der Waals surface area contributed by atoms with E-state index in [1.54, 1.807) is 24.7 Å². The lowest BCUT2D eigenvalue weighted by Crippen LogP contribution is -2.39. The highest BCUT2D eigenvalue weighted by molar-refractivity contribution is 7.08. The standard InChI is InChI=1S/C22H25N5O3S/c28-22(20-5-6-25-31-20)26-15-1-3-17(4-2-15)30-19-14-16(27-9-11-29-12-10-27)13-18-21(19)24-8-7-23-18/h5-8,13-15,17H,1-4,9-12H2,(H,26,28). The van der Waals surface area contributed by atoms with Gasteiger partial charge in [0.25, 0.3) is 5.91 Å². The number of ether oxygens (including phenoxy) is 2. The molecule has 0 atom stereocenters. The first-order valence-corrected chi connectivity index (χ1v) is 11.5. The van der Waals surface area contributed by atoms with E-state index in [1.165, 1.54) is 11.5 Å². The quantitative estimate of drug-likeness (QED) is 0.654. The van der Waals surface area contributed by atoms with Gasteiger partial charge in [-0.15, -0.1) is 0 Å². The van der Waals surface area contributed by atoms with E-state index in [-0.39, 0.29) is 18.1 Å². The Balaban J connectivity index is 1.26. The summed E-state index contributed by atoms with van der Waals surface area (Å²) in [5.74, 6) is 0.746. The van der Waals surface area contributed by atoms with Gasteiger partial charge in [-0.2, -0.15) is 0 Å². The van der Waals surface area contributed by atoms with E-state index in [4.69, 9.17) is 9.47 Å². The highest BCUT2D eigenvalue weighted by atomic mass is 32.1. The smallest absolute Gasteiger partial charge is 0.263 e. The van der Waals surface area contributed by atoms with Crippen molar-refractivity contribution in [3.63, 3.8) is 0 Å². The summed E-state index contributed by atoms with van der Waals surface area (Å²) in [5.41, 5.74) is 2.73. The number of morpholine rings is 1. The Hall–Kier alpha value is -2.78. The molecule has 8 nitrogen and oxygen atoms in total. The van der Waals surface area contributed by atoms with Gasteiger partial charge in [0.05, 0.1) is 24.8 Å². The summed E-state index contributed by atoms with van der Waals surface area (Å²) >= 11 is 1.22. The van der Waals surface area contributed by atoms with Crippen molar-refractivity contribution in [1.29, 1.82) is 0 Å². The van der Waals surface area contributed by atoms with Crippen molar-refractivity contribution in [1.82, 2.24) is 19.7 Å². The van der Waals surface area contributed by atoms with Crippen molar-refractivity contribution in [3.8, 4) is 5.75 Å². The summed E-state index contributed by atoms with van der Waals surface area (Å²) in [6.45, 7) is 3.17. The third-order valence-electron chi connectivity index (χ3n) is 5.86. The SMILES string of the molecule is O=C(NC1CCC(Oc2cc(N3CCOCC3)cc3nccnc23)CC1)c1ccns1. The zero-order chi connectivity index (χ0) is 21.0. The number of hydrogen-bond acceptors (Lipinski definition) is 8. The van der Waals surface area contributed by atoms with Crippen molar-refractivity contribution in [2.24, 2.45) is 0 Å². The van der Waals surface area contributed by atoms with Crippen LogP contribution in [0.25, 0.3) is 11.0 Å². The first kappa shape index (κ1) is 20.1. The minimum absolute atomic E-state index is 0.0358. The topological polar surface area (TPSA) is 89.5 Å². The molecule has 2 fully saturated rings. The maximum atomic E-state index is 12.3. The summed E-state index contributed by atoms with van der Waals surface area (Å²) in [5, 5.41) is 3.12. The summed E-state index contributed by atoms with van der Waals surface area (Å²) in [6.07, 6.45) is 8.73. The Bertz CT molecular complexity index is 1030. The predicted molar refractivity (Wildman–Crippen MR) is 119 cm³/mol. The van der Waals surface area contributed by atoms with Gasteiger partial charge in [-0.25, -0.2) is 9.36 Å². The molecule has 0 bridgehead atoms. The fourth-order valence-corrected chi connectivity index (χ4v) is 4.72. The second-order valence-corrected chi connectivity index (χ2v) is 8.74. The van der Waals surface area contributed by atoms with E-state index in [2.05, 4.69) is 36.7 Å². The molecule has 1 aliphatic carbocycles. The molecule has 5 rings (SSSR count). The summed E-state index contributed by atoms with van der Waals surface area (Å²) in [4.78, 5) is 24.3. The van der Waals surface area contributed by atoms with Crippen LogP contribution in [0.15, 0.2) is 36.8 Å². The van der Waals surface area contributed by atoms with Crippen LogP contribution in [0.5, 0.6) is 5.75 Å². The molecule has 1 amide bonds. The first-order chi connectivity index (χ1) is 15.3. The van der Waals surface area contributed by atoms with E-state index in [0.717, 1.165) is 74.5 Å². The number of anilines is 1. The maximum absolute atomic E-state index is 12.3. The highest BCUT2D eigenvalue weighted by Gasteiger charge is 2.25. The molecule has 1 saturated heterocycles. The minimum atomic E-state index is -0.0358. The van der Waals surface area contributed by atoms with E-state index >= 15 is 0 Å². The number of hydrogen-bond donors (Lipinski definition) is 1. The van der Waals surface area contributed by atoms with Gasteiger partial charge < -0.3 is 19.7 Å². The average molecular weight is 440 g/mol. The molecule has 162 valence electrons. The van der Waals surface area contributed by atoms with E-state index in [1.807, 2.05) is 0 Å². The molecule has 0 radical (unpaired) electrons. The van der Waals surface area contributed by atoms with Crippen LogP contribution >= 0.6 is 11.5 Å². The number of benzene rings is 1. The summed E-state index contributed by atoms with van der Waals surface area (Å²) < 4.78 is 15.9. The monoisotopic (exact) mass is 439 g/mol. The third kappa shape index (κ3) is 4.62. The van der Waals surface area contributed by atoms with Gasteiger partial charge in [-0.3, -0.25) is 9.78 Å². The van der Waals surface area contributed by atoms with Crippen molar-refractivity contribution in [3.05, 3.63) is 41.7 Å². The summed E-state index contributed by atoms with van der Waals surface area (Å²) in [7, 11) is 0. The molecule has 1 aliphatic heterocycles. The molecular formula is C22H25N5O3S. The fourth-order valence-electron chi connectivity index (χ4n) is 4.22. The normalized spacial score (nSPS) is 21.7. The van der Waals surface area contributed by atoms with Gasteiger partial charge in [-0.05, 0) is 49.3 Å². The van der Waals surface area contributed by atoms with Gasteiger partial charge in [0, 0.05) is 49.5 Å². The molecule has 3 heterocycles. The van der Waals surface area contributed by atoms with Crippen LogP contribution in [0.1, 0.15) is 35.4 Å². The molecule has 1 N–H and O–H groups in total. The number of nitrogens with zero attached hydrogens (tertiary/aromatic N) is 4. The molecule has 2 aliphatic rings. The van der Waals surface area contributed by atoms with Crippen molar-refractivity contribution in [2.75, 3.05) is 31.2 Å². The number of nitrogens with one attached hydrogen (secondary N) is 1. The number of fused-ring (bicyclic) bond motifs is 1. The molecule has 3 aromatic rings. The molecule has 0 unspecified atom stereocenters. The number of rotatable bonds is 5. The third-order valence-corrected chi connectivity index (χ3v) is 6.61. The largest absolute Gasteiger partial charge is 0.488 e. The van der Waals surface area contributed by atoms with E-state index in [0.29, 0.717) is 4.88 Å². The number of carbonyl (C=O) groups is 1. The number of aromatic nitrogens is 3. The van der Waals surface area contributed by atoms with Crippen LogP contribution in [0, 0.1) is 0 Å². The average Bonchev–Trinajstić information content (AvgIpc) is 3.36. The number of amides is 1. The molecule has 31 heavy (non-hydrogen) atoms. The van der Waals surface area contributed by atoms with Crippen molar-refractivity contribution in [2.45, 2.75) is 37.8 Å². The van der Waals surface area contributed by atoms with Crippen LogP contribution in [0.3, 0.4) is 0 Å². The zero-order valence-corrected chi connectivity index (χ0v) is 18.0. The second-order valence-electron chi connectivity index (χ2n) is 7.91. The van der Waals surface area contributed by atoms with Crippen LogP contribution in [-0.4, -0.2) is 58.7 Å². The first-order valence-electron chi connectivity index (χ1n) is 10.7. The Morgan fingerprint density at radius 2 is 1.90 bits per heavy atom. The Labute approximate surface area is 184 Å². The lowest BCUT2D eigenvalue weighted by molar-refractivity contribution is 0.0899. The maximum Gasteiger partial charge on any atom is 0.263 e. The zero-order valence-electron chi connectivity index (χ0n) is 17.2. The molecule has 9 heteroatoms. The molecule has 1 aromatic carbocycles. The number of carbonyl (C=O) groups excluding carboxylic acids is 1. The van der Waals surface area contributed by atoms with E-state index in [9.17, 15) is 4.79 Å². The minimum Gasteiger partial charge on any atom is -0.488 e. The van der Waals surface area contributed by atoms with Gasteiger partial charge >= 0.3 is 0 Å². The summed E-state index contributed by atoms with van der Waals surface area (Å²) in [6, 6.07) is 6.08. The van der Waals surface area contributed by atoms with Crippen LogP contribution in [0.4, 0.5) is 5.69 Å². The van der Waals surface area contributed by atoms with Crippen molar-refractivity contribution >= 4 is 34.2 Å². The predicted octanol–water partition coefficient (Wildman–Crippen LogP) is 3.04. The molecule has 2 aromatic heterocycles.